The fraction of sp³-hybridized carbons (Fsp3) is 0.250. The molecular weight excluding hydrogens is 397 g/mol. The number of hydrogen-bond acceptors (Lipinski definition) is 5. The second kappa shape index (κ2) is 9.81. The Morgan fingerprint density at radius 3 is 2.58 bits per heavy atom. The highest BCUT2D eigenvalue weighted by atomic mass is 19.1. The number of hydrogen-bond donors (Lipinski definition) is 0. The first-order valence-electron chi connectivity index (χ1n) is 9.95. The first-order chi connectivity index (χ1) is 15.0. The van der Waals surface area contributed by atoms with Crippen molar-refractivity contribution in [3.8, 4) is 6.07 Å². The lowest BCUT2D eigenvalue weighted by molar-refractivity contribution is -0.121. The Labute approximate surface area is 179 Å². The molecule has 0 saturated heterocycles. The Hall–Kier alpha value is -3.79. The van der Waals surface area contributed by atoms with Crippen molar-refractivity contribution in [2.24, 2.45) is 0 Å². The Balaban J connectivity index is 1.86. The van der Waals surface area contributed by atoms with E-state index in [4.69, 9.17) is 10.00 Å². The SMILES string of the molecule is CCc1nc2ccccc2c(C(=O)OCC(=O)N(CCC#N)c2ccccc2F)c1C. The Kier molecular flexibility index (Phi) is 6.93. The van der Waals surface area contributed by atoms with E-state index in [-0.39, 0.29) is 18.7 Å². The van der Waals surface area contributed by atoms with Crippen LogP contribution in [-0.2, 0) is 16.0 Å². The van der Waals surface area contributed by atoms with Gasteiger partial charge in [-0.05, 0) is 37.1 Å². The van der Waals surface area contributed by atoms with Crippen molar-refractivity contribution in [3.63, 3.8) is 0 Å². The smallest absolute Gasteiger partial charge is 0.339 e. The number of esters is 1. The van der Waals surface area contributed by atoms with Gasteiger partial charge in [0.05, 0.1) is 29.3 Å². The van der Waals surface area contributed by atoms with Gasteiger partial charge in [-0.3, -0.25) is 9.78 Å². The molecule has 3 rings (SSSR count). The normalized spacial score (nSPS) is 10.5. The standard InChI is InChI=1S/C24H22FN3O3/c1-3-19-16(2)23(17-9-4-6-11-20(17)27-19)24(30)31-15-22(29)28(14-8-13-26)21-12-7-5-10-18(21)25/h4-7,9-12H,3,8,14-15H2,1-2H3. The van der Waals surface area contributed by atoms with Crippen LogP contribution in [-0.4, -0.2) is 30.0 Å². The highest BCUT2D eigenvalue weighted by Crippen LogP contribution is 2.25. The van der Waals surface area contributed by atoms with Crippen molar-refractivity contribution in [2.75, 3.05) is 18.1 Å². The number of anilines is 1. The average molecular weight is 419 g/mol. The lowest BCUT2D eigenvalue weighted by Crippen LogP contribution is -2.36. The zero-order valence-corrected chi connectivity index (χ0v) is 17.4. The molecule has 2 aromatic carbocycles. The highest BCUT2D eigenvalue weighted by Gasteiger charge is 2.23. The molecule has 0 aliphatic heterocycles. The van der Waals surface area contributed by atoms with Gasteiger partial charge in [-0.2, -0.15) is 5.26 Å². The Bertz CT molecular complexity index is 1170. The van der Waals surface area contributed by atoms with E-state index in [1.165, 1.54) is 18.2 Å². The molecule has 1 heterocycles. The largest absolute Gasteiger partial charge is 0.452 e. The molecule has 3 aromatic rings. The van der Waals surface area contributed by atoms with E-state index in [1.807, 2.05) is 25.1 Å². The maximum atomic E-state index is 14.2. The summed E-state index contributed by atoms with van der Waals surface area (Å²) in [6.45, 7) is 3.17. The summed E-state index contributed by atoms with van der Waals surface area (Å²) in [4.78, 5) is 31.4. The van der Waals surface area contributed by atoms with E-state index >= 15 is 0 Å². The van der Waals surface area contributed by atoms with E-state index in [2.05, 4.69) is 4.98 Å². The second-order valence-electron chi connectivity index (χ2n) is 6.91. The first kappa shape index (κ1) is 21.9. The number of amides is 1. The number of aryl methyl sites for hydroxylation is 1. The average Bonchev–Trinajstić information content (AvgIpc) is 2.78. The molecule has 0 radical (unpaired) electrons. The number of rotatable bonds is 7. The van der Waals surface area contributed by atoms with Crippen molar-refractivity contribution >= 4 is 28.5 Å². The molecular formula is C24H22FN3O3. The molecule has 0 N–H and O–H groups in total. The number of carbonyl (C=O) groups is 2. The summed E-state index contributed by atoms with van der Waals surface area (Å²) in [6.07, 6.45) is 0.660. The van der Waals surface area contributed by atoms with Crippen molar-refractivity contribution in [2.45, 2.75) is 26.7 Å². The predicted molar refractivity (Wildman–Crippen MR) is 115 cm³/mol. The molecule has 6 nitrogen and oxygen atoms in total. The number of ether oxygens (including phenoxy) is 1. The quantitative estimate of drug-likeness (QED) is 0.532. The maximum Gasteiger partial charge on any atom is 0.339 e. The third-order valence-corrected chi connectivity index (χ3v) is 4.99. The number of halogens is 1. The lowest BCUT2D eigenvalue weighted by Gasteiger charge is -2.22. The molecule has 0 atom stereocenters. The highest BCUT2D eigenvalue weighted by molar-refractivity contribution is 6.06. The number of para-hydroxylation sites is 2. The van der Waals surface area contributed by atoms with Crippen molar-refractivity contribution in [1.29, 1.82) is 5.26 Å². The van der Waals surface area contributed by atoms with Crippen LogP contribution >= 0.6 is 0 Å². The molecule has 31 heavy (non-hydrogen) atoms. The number of aromatic nitrogens is 1. The van der Waals surface area contributed by atoms with Crippen molar-refractivity contribution in [3.05, 3.63) is 71.2 Å². The van der Waals surface area contributed by atoms with Gasteiger partial charge in [-0.15, -0.1) is 0 Å². The second-order valence-corrected chi connectivity index (χ2v) is 6.91. The first-order valence-corrected chi connectivity index (χ1v) is 9.95. The van der Waals surface area contributed by atoms with Gasteiger partial charge >= 0.3 is 5.97 Å². The summed E-state index contributed by atoms with van der Waals surface area (Å²) < 4.78 is 19.5. The zero-order chi connectivity index (χ0) is 22.4. The van der Waals surface area contributed by atoms with Gasteiger partial charge in [-0.25, -0.2) is 9.18 Å². The van der Waals surface area contributed by atoms with Crippen molar-refractivity contribution < 1.29 is 18.7 Å². The molecule has 0 bridgehead atoms. The molecule has 0 aliphatic carbocycles. The number of pyridine rings is 1. The maximum absolute atomic E-state index is 14.2. The fourth-order valence-electron chi connectivity index (χ4n) is 3.45. The molecule has 158 valence electrons. The van der Waals surface area contributed by atoms with Gasteiger partial charge in [0.15, 0.2) is 6.61 Å². The van der Waals surface area contributed by atoms with E-state index in [1.54, 1.807) is 25.1 Å². The molecule has 1 aromatic heterocycles. The topological polar surface area (TPSA) is 83.3 Å². The summed E-state index contributed by atoms with van der Waals surface area (Å²) in [5, 5.41) is 9.53. The number of nitriles is 1. The predicted octanol–water partition coefficient (Wildman–Crippen LogP) is 4.35. The van der Waals surface area contributed by atoms with E-state index in [0.717, 1.165) is 10.6 Å². The van der Waals surface area contributed by atoms with Crippen LogP contribution in [0.5, 0.6) is 0 Å². The number of carbonyl (C=O) groups excluding carboxylic acids is 2. The molecule has 0 saturated carbocycles. The van der Waals surface area contributed by atoms with Gasteiger partial charge < -0.3 is 9.64 Å². The minimum absolute atomic E-state index is 0.00891. The van der Waals surface area contributed by atoms with Gasteiger partial charge in [0.1, 0.15) is 5.82 Å². The molecule has 0 aliphatic rings. The minimum atomic E-state index is -0.645. The van der Waals surface area contributed by atoms with Gasteiger partial charge in [0.2, 0.25) is 0 Å². The fourth-order valence-corrected chi connectivity index (χ4v) is 3.45. The van der Waals surface area contributed by atoms with Crippen LogP contribution in [0.25, 0.3) is 10.9 Å². The zero-order valence-electron chi connectivity index (χ0n) is 17.4. The van der Waals surface area contributed by atoms with Crippen LogP contribution in [0.2, 0.25) is 0 Å². The molecule has 1 amide bonds. The molecule has 0 spiro atoms. The minimum Gasteiger partial charge on any atom is -0.452 e. The van der Waals surface area contributed by atoms with E-state index < -0.39 is 24.3 Å². The number of benzene rings is 2. The number of nitrogens with zero attached hydrogens (tertiary/aromatic N) is 3. The summed E-state index contributed by atoms with van der Waals surface area (Å²) in [7, 11) is 0. The van der Waals surface area contributed by atoms with Crippen LogP contribution in [0.3, 0.4) is 0 Å². The summed E-state index contributed by atoms with van der Waals surface area (Å²) >= 11 is 0. The van der Waals surface area contributed by atoms with E-state index in [9.17, 15) is 14.0 Å². The Morgan fingerprint density at radius 2 is 1.87 bits per heavy atom. The third kappa shape index (κ3) is 4.69. The van der Waals surface area contributed by atoms with Gasteiger partial charge in [-0.1, -0.05) is 37.3 Å². The van der Waals surface area contributed by atoms with Crippen LogP contribution in [0.4, 0.5) is 10.1 Å². The molecule has 0 fully saturated rings. The number of fused-ring (bicyclic) bond motifs is 1. The van der Waals surface area contributed by atoms with Crippen molar-refractivity contribution in [1.82, 2.24) is 4.98 Å². The monoisotopic (exact) mass is 419 g/mol. The lowest BCUT2D eigenvalue weighted by atomic mass is 10.0. The Morgan fingerprint density at radius 1 is 1.16 bits per heavy atom. The van der Waals surface area contributed by atoms with Crippen LogP contribution in [0, 0.1) is 24.1 Å². The van der Waals surface area contributed by atoms with Crippen LogP contribution in [0.1, 0.15) is 35.0 Å². The molecule has 0 unspecified atom stereocenters. The summed E-state index contributed by atoms with van der Waals surface area (Å²) in [5.74, 6) is -1.85. The summed E-state index contributed by atoms with van der Waals surface area (Å²) in [5.41, 5.74) is 2.56. The van der Waals surface area contributed by atoms with Gasteiger partial charge in [0, 0.05) is 17.6 Å². The molecule has 7 heteroatoms. The van der Waals surface area contributed by atoms with Crippen LogP contribution in [0.15, 0.2) is 48.5 Å². The van der Waals surface area contributed by atoms with Crippen LogP contribution < -0.4 is 4.90 Å². The van der Waals surface area contributed by atoms with Gasteiger partial charge in [0.25, 0.3) is 5.91 Å². The van der Waals surface area contributed by atoms with E-state index in [0.29, 0.717) is 28.5 Å². The third-order valence-electron chi connectivity index (χ3n) is 4.99. The summed E-state index contributed by atoms with van der Waals surface area (Å²) in [6, 6.07) is 15.0.